The quantitative estimate of drug-likeness (QED) is 0.559. The molecule has 1 aromatic heterocycles. The number of aryl methyl sites for hydroxylation is 2. The van der Waals surface area contributed by atoms with Crippen LogP contribution in [0, 0.1) is 13.8 Å². The molecule has 2 rings (SSSR count). The Morgan fingerprint density at radius 3 is 2.00 bits per heavy atom. The minimum atomic E-state index is 0.741. The Balaban J connectivity index is 2.61. The van der Waals surface area contributed by atoms with Crippen molar-refractivity contribution in [1.29, 1.82) is 0 Å². The van der Waals surface area contributed by atoms with Crippen molar-refractivity contribution in [3.63, 3.8) is 0 Å². The Morgan fingerprint density at radius 1 is 1.00 bits per heavy atom. The normalized spacial score (nSPS) is 15.8. The summed E-state index contributed by atoms with van der Waals surface area (Å²) in [6.45, 7) is 4.63. The van der Waals surface area contributed by atoms with Crippen LogP contribution in [0.1, 0.15) is 26.4 Å². The minimum absolute atomic E-state index is 0.741. The second-order valence-corrected chi connectivity index (χ2v) is 6.02. The molecule has 0 nitrogen and oxygen atoms in total. The number of rotatable bonds is 0. The molecule has 1 aliphatic rings. The van der Waals surface area contributed by atoms with Crippen LogP contribution >= 0.6 is 0 Å². The molecule has 1 aliphatic carbocycles. The molecule has 0 spiro atoms. The average Bonchev–Trinajstić information content (AvgIpc) is 2.39. The van der Waals surface area contributed by atoms with Gasteiger partial charge in [0.2, 0.25) is 0 Å². The van der Waals surface area contributed by atoms with Crippen molar-refractivity contribution in [3.05, 3.63) is 20.0 Å². The molecular formula is C9H12Se. The predicted octanol–water partition coefficient (Wildman–Crippen LogP) is 1.85. The van der Waals surface area contributed by atoms with E-state index < -0.39 is 0 Å². The van der Waals surface area contributed by atoms with E-state index in [0.29, 0.717) is 0 Å². The first-order chi connectivity index (χ1) is 4.79. The zero-order valence-electron chi connectivity index (χ0n) is 6.53. The fourth-order valence-corrected chi connectivity index (χ4v) is 4.30. The van der Waals surface area contributed by atoms with Crippen LogP contribution in [0.15, 0.2) is 0 Å². The summed E-state index contributed by atoms with van der Waals surface area (Å²) in [6, 6.07) is 0. The topological polar surface area (TPSA) is 0 Å². The van der Waals surface area contributed by atoms with Crippen LogP contribution in [0.3, 0.4) is 0 Å². The Hall–Kier alpha value is -0.000519. The van der Waals surface area contributed by atoms with E-state index in [9.17, 15) is 0 Å². The molecule has 0 bridgehead atoms. The molecule has 0 saturated heterocycles. The fraction of sp³-hybridized carbons (Fsp3) is 0.556. The predicted molar refractivity (Wildman–Crippen MR) is 44.9 cm³/mol. The number of hydrogen-bond donors (Lipinski definition) is 0. The molecule has 0 N–H and O–H groups in total. The summed E-state index contributed by atoms with van der Waals surface area (Å²) in [4.78, 5) is 0. The molecule has 0 amide bonds. The van der Waals surface area contributed by atoms with Gasteiger partial charge < -0.3 is 0 Å². The maximum absolute atomic E-state index is 2.32. The molecule has 0 radical (unpaired) electrons. The van der Waals surface area contributed by atoms with Crippen molar-refractivity contribution in [2.24, 2.45) is 0 Å². The van der Waals surface area contributed by atoms with E-state index in [-0.39, 0.29) is 0 Å². The molecule has 0 saturated carbocycles. The van der Waals surface area contributed by atoms with Crippen molar-refractivity contribution >= 4 is 14.5 Å². The number of fused-ring (bicyclic) bond motifs is 1. The van der Waals surface area contributed by atoms with Crippen molar-refractivity contribution in [1.82, 2.24) is 0 Å². The third-order valence-corrected chi connectivity index (χ3v) is 4.69. The van der Waals surface area contributed by atoms with Gasteiger partial charge in [0.05, 0.1) is 0 Å². The van der Waals surface area contributed by atoms with Gasteiger partial charge in [0.1, 0.15) is 0 Å². The van der Waals surface area contributed by atoms with Crippen molar-refractivity contribution < 1.29 is 0 Å². The molecule has 54 valence electrons. The van der Waals surface area contributed by atoms with Crippen LogP contribution < -0.4 is 0 Å². The van der Waals surface area contributed by atoms with Crippen LogP contribution in [0.2, 0.25) is 0 Å². The summed E-state index contributed by atoms with van der Waals surface area (Å²) < 4.78 is 3.41. The molecule has 1 heteroatoms. The van der Waals surface area contributed by atoms with Gasteiger partial charge in [-0.15, -0.1) is 0 Å². The summed E-state index contributed by atoms with van der Waals surface area (Å²) in [5.41, 5.74) is 3.47. The summed E-state index contributed by atoms with van der Waals surface area (Å²) >= 11 is 0.741. The summed E-state index contributed by atoms with van der Waals surface area (Å²) in [6.07, 6.45) is 4.16. The Labute approximate surface area is 68.0 Å². The van der Waals surface area contributed by atoms with Gasteiger partial charge >= 0.3 is 67.6 Å². The first-order valence-electron chi connectivity index (χ1n) is 3.87. The number of hydrogen-bond acceptors (Lipinski definition) is 0. The van der Waals surface area contributed by atoms with Gasteiger partial charge in [-0.25, -0.2) is 0 Å². The van der Waals surface area contributed by atoms with E-state index in [4.69, 9.17) is 0 Å². The third kappa shape index (κ3) is 0.810. The monoisotopic (exact) mass is 200 g/mol. The zero-order valence-corrected chi connectivity index (χ0v) is 8.24. The second-order valence-electron chi connectivity index (χ2n) is 3.03. The zero-order chi connectivity index (χ0) is 7.14. The molecule has 0 fully saturated rings. The van der Waals surface area contributed by atoms with E-state index in [2.05, 4.69) is 13.8 Å². The van der Waals surface area contributed by atoms with Crippen LogP contribution in [0.25, 0.3) is 0 Å². The van der Waals surface area contributed by atoms with Crippen LogP contribution in [0.4, 0.5) is 0 Å². The van der Waals surface area contributed by atoms with Crippen molar-refractivity contribution in [3.8, 4) is 0 Å². The first kappa shape index (κ1) is 6.69. The Morgan fingerprint density at radius 2 is 1.50 bits per heavy atom. The fourth-order valence-electron chi connectivity index (χ4n) is 1.87. The molecule has 0 aromatic carbocycles. The Kier molecular flexibility index (Phi) is 1.51. The molecule has 0 aliphatic heterocycles. The van der Waals surface area contributed by atoms with Gasteiger partial charge in [-0.3, -0.25) is 0 Å². The van der Waals surface area contributed by atoms with E-state index >= 15 is 0 Å². The molecule has 10 heavy (non-hydrogen) atoms. The molecule has 1 aromatic rings. The van der Waals surface area contributed by atoms with Crippen molar-refractivity contribution in [2.45, 2.75) is 33.1 Å². The van der Waals surface area contributed by atoms with Gasteiger partial charge in [-0.05, 0) is 0 Å². The molecule has 1 heterocycles. The van der Waals surface area contributed by atoms with E-state index in [1.165, 1.54) is 19.3 Å². The van der Waals surface area contributed by atoms with Crippen LogP contribution in [-0.4, -0.2) is 14.5 Å². The summed E-state index contributed by atoms with van der Waals surface area (Å²) in [5.74, 6) is 0. The molecular weight excluding hydrogens is 187 g/mol. The summed E-state index contributed by atoms with van der Waals surface area (Å²) in [5, 5.41) is 0. The third-order valence-electron chi connectivity index (χ3n) is 2.37. The molecule has 0 unspecified atom stereocenters. The summed E-state index contributed by atoms with van der Waals surface area (Å²) in [7, 11) is 0. The van der Waals surface area contributed by atoms with Gasteiger partial charge in [0, 0.05) is 0 Å². The van der Waals surface area contributed by atoms with E-state index in [1.54, 1.807) is 20.0 Å². The standard InChI is InChI=1S/C9H12Se/c1-6-8-4-3-5-9(8)7(2)10-6/h3-5H2,1-2H3. The van der Waals surface area contributed by atoms with Gasteiger partial charge in [-0.1, -0.05) is 0 Å². The first-order valence-corrected chi connectivity index (χ1v) is 5.58. The van der Waals surface area contributed by atoms with Gasteiger partial charge in [-0.2, -0.15) is 0 Å². The SMILES string of the molecule is Cc1[se]c(C)c2c1CCC2. The average molecular weight is 199 g/mol. The van der Waals surface area contributed by atoms with E-state index in [0.717, 1.165) is 14.5 Å². The maximum atomic E-state index is 2.32. The van der Waals surface area contributed by atoms with Gasteiger partial charge in [0.25, 0.3) is 0 Å². The van der Waals surface area contributed by atoms with Crippen molar-refractivity contribution in [2.75, 3.05) is 0 Å². The molecule has 0 atom stereocenters. The Bertz CT molecular complexity index is 233. The van der Waals surface area contributed by atoms with E-state index in [1.807, 2.05) is 0 Å². The second kappa shape index (κ2) is 2.25. The van der Waals surface area contributed by atoms with Crippen LogP contribution in [-0.2, 0) is 12.8 Å². The van der Waals surface area contributed by atoms with Crippen LogP contribution in [0.5, 0.6) is 0 Å². The van der Waals surface area contributed by atoms with Gasteiger partial charge in [0.15, 0.2) is 0 Å².